The molecule has 0 saturated heterocycles. The summed E-state index contributed by atoms with van der Waals surface area (Å²) in [4.78, 5) is 19.3. The van der Waals surface area contributed by atoms with Crippen molar-refractivity contribution in [1.29, 1.82) is 0 Å². The largest absolute Gasteiger partial charge is 0.507 e. The fourth-order valence-electron chi connectivity index (χ4n) is 3.20. The van der Waals surface area contributed by atoms with Gasteiger partial charge < -0.3 is 19.4 Å². The molecule has 0 aliphatic rings. The second-order valence-corrected chi connectivity index (χ2v) is 6.98. The summed E-state index contributed by atoms with van der Waals surface area (Å²) < 4.78 is 10.8. The van der Waals surface area contributed by atoms with Gasteiger partial charge in [-0.1, -0.05) is 13.0 Å². The quantitative estimate of drug-likeness (QED) is 0.245. The third-order valence-corrected chi connectivity index (χ3v) is 4.94. The van der Waals surface area contributed by atoms with Gasteiger partial charge in [-0.2, -0.15) is 0 Å². The number of aromatic nitrogens is 1. The van der Waals surface area contributed by atoms with E-state index < -0.39 is 4.92 Å². The molecule has 0 aliphatic heterocycles. The minimum Gasteiger partial charge on any atom is -0.507 e. The Morgan fingerprint density at radius 3 is 2.72 bits per heavy atom. The van der Waals surface area contributed by atoms with Crippen LogP contribution in [-0.4, -0.2) is 33.4 Å². The molecule has 0 atom stereocenters. The van der Waals surface area contributed by atoms with Gasteiger partial charge in [0.25, 0.3) is 5.69 Å². The lowest BCUT2D eigenvalue weighted by molar-refractivity contribution is -0.385. The molecule has 0 saturated carbocycles. The van der Waals surface area contributed by atoms with Crippen LogP contribution in [0.15, 0.2) is 57.9 Å². The summed E-state index contributed by atoms with van der Waals surface area (Å²) in [7, 11) is 1.30. The number of non-ortho nitro benzene ring substituents is 1. The molecule has 4 aromatic rings. The van der Waals surface area contributed by atoms with E-state index in [1.54, 1.807) is 12.1 Å². The third kappa shape index (κ3) is 3.95. The number of phenols is 2. The Labute approximate surface area is 182 Å². The summed E-state index contributed by atoms with van der Waals surface area (Å²) in [6.07, 6.45) is 2.14. The van der Waals surface area contributed by atoms with Crippen molar-refractivity contribution in [2.24, 2.45) is 4.99 Å². The fourth-order valence-corrected chi connectivity index (χ4v) is 3.20. The van der Waals surface area contributed by atoms with Crippen LogP contribution in [0.2, 0.25) is 0 Å². The average molecular weight is 433 g/mol. The zero-order valence-corrected chi connectivity index (χ0v) is 17.3. The molecule has 0 spiro atoms. The van der Waals surface area contributed by atoms with E-state index in [4.69, 9.17) is 9.15 Å². The second kappa shape index (κ2) is 8.38. The molecule has 0 unspecified atom stereocenters. The minimum atomic E-state index is -0.588. The predicted octanol–water partition coefficient (Wildman–Crippen LogP) is 5.14. The van der Waals surface area contributed by atoms with Gasteiger partial charge in [0.1, 0.15) is 11.3 Å². The van der Waals surface area contributed by atoms with E-state index in [-0.39, 0.29) is 34.4 Å². The molecular formula is C23H19N3O6. The topological polar surface area (TPSA) is 131 Å². The first-order valence-corrected chi connectivity index (χ1v) is 9.72. The number of hydrogen-bond acceptors (Lipinski definition) is 8. The van der Waals surface area contributed by atoms with Gasteiger partial charge in [0.2, 0.25) is 5.89 Å². The van der Waals surface area contributed by atoms with Crippen molar-refractivity contribution in [3.8, 4) is 28.7 Å². The number of ether oxygens (including phenoxy) is 1. The maximum atomic E-state index is 11.1. The maximum absolute atomic E-state index is 11.1. The Bertz CT molecular complexity index is 1360. The number of methoxy groups -OCH3 is 1. The van der Waals surface area contributed by atoms with Crippen LogP contribution in [0.25, 0.3) is 22.6 Å². The van der Waals surface area contributed by atoms with Gasteiger partial charge in [-0.3, -0.25) is 15.1 Å². The minimum absolute atomic E-state index is 0.0360. The molecule has 162 valence electrons. The lowest BCUT2D eigenvalue weighted by Crippen LogP contribution is -1.94. The van der Waals surface area contributed by atoms with Crippen LogP contribution >= 0.6 is 0 Å². The SMILES string of the molecule is CCc1ccc2oc(-c3cc(N=Cc4cc([N+](=O)[O-])cc(OC)c4O)ccc3O)nc2c1. The number of oxazole rings is 1. The van der Waals surface area contributed by atoms with Crippen LogP contribution in [-0.2, 0) is 6.42 Å². The Kier molecular flexibility index (Phi) is 5.46. The monoisotopic (exact) mass is 433 g/mol. The van der Waals surface area contributed by atoms with Crippen LogP contribution in [0.4, 0.5) is 11.4 Å². The Hall–Kier alpha value is -4.40. The van der Waals surface area contributed by atoms with E-state index in [2.05, 4.69) is 9.98 Å². The molecule has 1 heterocycles. The third-order valence-electron chi connectivity index (χ3n) is 4.94. The summed E-state index contributed by atoms with van der Waals surface area (Å²) in [5.74, 6) is -0.106. The van der Waals surface area contributed by atoms with Crippen molar-refractivity contribution in [3.05, 3.63) is 69.8 Å². The number of fused-ring (bicyclic) bond motifs is 1. The number of aryl methyl sites for hydroxylation is 1. The van der Waals surface area contributed by atoms with Crippen LogP contribution < -0.4 is 4.74 Å². The predicted molar refractivity (Wildman–Crippen MR) is 119 cm³/mol. The molecule has 9 nitrogen and oxygen atoms in total. The van der Waals surface area contributed by atoms with E-state index >= 15 is 0 Å². The van der Waals surface area contributed by atoms with Crippen molar-refractivity contribution in [1.82, 2.24) is 4.98 Å². The number of nitrogens with zero attached hydrogens (tertiary/aromatic N) is 3. The first-order valence-electron chi connectivity index (χ1n) is 9.72. The zero-order chi connectivity index (χ0) is 22.8. The van der Waals surface area contributed by atoms with Gasteiger partial charge in [0.15, 0.2) is 17.1 Å². The average Bonchev–Trinajstić information content (AvgIpc) is 3.22. The summed E-state index contributed by atoms with van der Waals surface area (Å²) in [5, 5.41) is 31.7. The van der Waals surface area contributed by atoms with Crippen molar-refractivity contribution in [2.45, 2.75) is 13.3 Å². The Balaban J connectivity index is 1.72. The van der Waals surface area contributed by atoms with Gasteiger partial charge in [-0.05, 0) is 42.3 Å². The standard InChI is InChI=1S/C23H19N3O6/c1-3-13-4-7-20-18(8-13)25-23(32-20)17-10-15(5-6-19(17)27)24-12-14-9-16(26(29)30)11-21(31-2)22(14)28/h4-12,27-28H,3H2,1-2H3. The molecule has 0 bridgehead atoms. The van der Waals surface area contributed by atoms with Gasteiger partial charge in [0, 0.05) is 17.8 Å². The van der Waals surface area contributed by atoms with Crippen LogP contribution in [0.3, 0.4) is 0 Å². The second-order valence-electron chi connectivity index (χ2n) is 6.98. The van der Waals surface area contributed by atoms with Gasteiger partial charge >= 0.3 is 0 Å². The fraction of sp³-hybridized carbons (Fsp3) is 0.130. The van der Waals surface area contributed by atoms with Crippen molar-refractivity contribution < 1.29 is 24.3 Å². The summed E-state index contributed by atoms with van der Waals surface area (Å²) in [5.41, 5.74) is 3.02. The lowest BCUT2D eigenvalue weighted by Gasteiger charge is -2.06. The number of nitro benzene ring substituents is 1. The van der Waals surface area contributed by atoms with Crippen molar-refractivity contribution >= 4 is 28.7 Å². The number of aromatic hydroxyl groups is 2. The molecule has 2 N–H and O–H groups in total. The van der Waals surface area contributed by atoms with Crippen molar-refractivity contribution in [2.75, 3.05) is 7.11 Å². The number of phenolic OH excluding ortho intramolecular Hbond substituents is 2. The molecule has 9 heteroatoms. The number of rotatable bonds is 6. The zero-order valence-electron chi connectivity index (χ0n) is 17.3. The molecule has 0 fully saturated rings. The molecule has 3 aromatic carbocycles. The first-order chi connectivity index (χ1) is 15.4. The molecule has 1 aromatic heterocycles. The highest BCUT2D eigenvalue weighted by Crippen LogP contribution is 2.36. The van der Waals surface area contributed by atoms with E-state index in [9.17, 15) is 20.3 Å². The van der Waals surface area contributed by atoms with E-state index in [0.29, 0.717) is 22.4 Å². The highest BCUT2D eigenvalue weighted by atomic mass is 16.6. The highest BCUT2D eigenvalue weighted by molar-refractivity contribution is 5.88. The lowest BCUT2D eigenvalue weighted by atomic mass is 10.1. The van der Waals surface area contributed by atoms with E-state index in [1.807, 2.05) is 25.1 Å². The van der Waals surface area contributed by atoms with Crippen LogP contribution in [0, 0.1) is 10.1 Å². The van der Waals surface area contributed by atoms with E-state index in [0.717, 1.165) is 18.1 Å². The number of benzene rings is 3. The molecule has 4 rings (SSSR count). The summed E-state index contributed by atoms with van der Waals surface area (Å²) >= 11 is 0. The van der Waals surface area contributed by atoms with Crippen molar-refractivity contribution in [3.63, 3.8) is 0 Å². The smallest absolute Gasteiger partial charge is 0.274 e. The van der Waals surface area contributed by atoms with E-state index in [1.165, 1.54) is 25.5 Å². The maximum Gasteiger partial charge on any atom is 0.274 e. The van der Waals surface area contributed by atoms with Crippen LogP contribution in [0.5, 0.6) is 17.2 Å². The Morgan fingerprint density at radius 1 is 1.19 bits per heavy atom. The Morgan fingerprint density at radius 2 is 2.00 bits per heavy atom. The van der Waals surface area contributed by atoms with Crippen LogP contribution in [0.1, 0.15) is 18.1 Å². The normalized spacial score (nSPS) is 11.3. The molecule has 0 radical (unpaired) electrons. The molecule has 0 aliphatic carbocycles. The first kappa shape index (κ1) is 20.9. The number of hydrogen-bond donors (Lipinski definition) is 2. The number of aliphatic imine (C=N–C) groups is 1. The number of nitro groups is 1. The highest BCUT2D eigenvalue weighted by Gasteiger charge is 2.16. The van der Waals surface area contributed by atoms with Gasteiger partial charge in [0.05, 0.1) is 29.4 Å². The summed E-state index contributed by atoms with van der Waals surface area (Å²) in [6.45, 7) is 2.05. The van der Waals surface area contributed by atoms with Gasteiger partial charge in [-0.15, -0.1) is 0 Å². The summed E-state index contributed by atoms with van der Waals surface area (Å²) in [6, 6.07) is 12.6. The molecule has 0 amide bonds. The molecule has 32 heavy (non-hydrogen) atoms. The molecular weight excluding hydrogens is 414 g/mol. The van der Waals surface area contributed by atoms with Gasteiger partial charge in [-0.25, -0.2) is 4.98 Å².